The number of halogens is 3. The van der Waals surface area contributed by atoms with E-state index in [1.165, 1.54) is 6.07 Å². The molecule has 1 unspecified atom stereocenters. The molecule has 1 fully saturated rings. The van der Waals surface area contributed by atoms with Crippen LogP contribution in [0.15, 0.2) is 54.6 Å². The van der Waals surface area contributed by atoms with Crippen molar-refractivity contribution in [2.45, 2.75) is 38.8 Å². The van der Waals surface area contributed by atoms with Crippen molar-refractivity contribution in [3.05, 3.63) is 65.7 Å². The number of hydrogen-bond acceptors (Lipinski definition) is 4. The molecule has 3 aromatic rings. The highest BCUT2D eigenvalue weighted by molar-refractivity contribution is 6.01. The van der Waals surface area contributed by atoms with Crippen LogP contribution in [0.4, 0.5) is 13.2 Å². The minimum Gasteiger partial charge on any atom is -0.466 e. The molecule has 33 heavy (non-hydrogen) atoms. The smallest absolute Gasteiger partial charge is 0.416 e. The van der Waals surface area contributed by atoms with Crippen molar-refractivity contribution in [2.24, 2.45) is 11.8 Å². The van der Waals surface area contributed by atoms with Crippen molar-refractivity contribution in [3.63, 3.8) is 0 Å². The molecule has 0 spiro atoms. The summed E-state index contributed by atoms with van der Waals surface area (Å²) in [6.45, 7) is 2.10. The summed E-state index contributed by atoms with van der Waals surface area (Å²) in [6, 6.07) is 13.6. The Morgan fingerprint density at radius 1 is 1.03 bits per heavy atom. The standard InChI is InChI=1S/C26H24F3NO3/c1-2-33-25(32)20-7-3-6-18(14-20)24(31)19-10-12-23-17(13-19)9-11-22(30-23)16-5-4-8-21(15-16)26(27,28)29/h4-5,8-13,15,18,20H,2-3,6-7,14H2,1H3/t18-,20?/m0/s1. The van der Waals surface area contributed by atoms with E-state index in [1.54, 1.807) is 43.3 Å². The second-order valence-corrected chi connectivity index (χ2v) is 8.36. The van der Waals surface area contributed by atoms with Gasteiger partial charge in [-0.3, -0.25) is 9.59 Å². The number of alkyl halides is 3. The topological polar surface area (TPSA) is 56.3 Å². The predicted molar refractivity (Wildman–Crippen MR) is 119 cm³/mol. The van der Waals surface area contributed by atoms with Crippen LogP contribution in [0.25, 0.3) is 22.2 Å². The Balaban J connectivity index is 1.56. The molecule has 0 bridgehead atoms. The third kappa shape index (κ3) is 5.07. The van der Waals surface area contributed by atoms with Gasteiger partial charge < -0.3 is 4.74 Å². The SMILES string of the molecule is CCOC(=O)C1CCC[C@H](C(=O)c2ccc3nc(-c4cccc(C(F)(F)F)c4)ccc3c2)C1. The third-order valence-corrected chi connectivity index (χ3v) is 6.12. The molecule has 0 saturated heterocycles. The number of carbonyl (C=O) groups excluding carboxylic acids is 2. The van der Waals surface area contributed by atoms with Crippen molar-refractivity contribution in [2.75, 3.05) is 6.61 Å². The lowest BCUT2D eigenvalue weighted by molar-refractivity contribution is -0.149. The van der Waals surface area contributed by atoms with Gasteiger partial charge in [0, 0.05) is 22.4 Å². The van der Waals surface area contributed by atoms with Gasteiger partial charge in [0.05, 0.1) is 29.3 Å². The van der Waals surface area contributed by atoms with Gasteiger partial charge in [-0.25, -0.2) is 4.98 Å². The van der Waals surface area contributed by atoms with E-state index in [2.05, 4.69) is 4.98 Å². The van der Waals surface area contributed by atoms with Gasteiger partial charge in [-0.2, -0.15) is 13.2 Å². The number of nitrogens with zero attached hydrogens (tertiary/aromatic N) is 1. The number of ether oxygens (including phenoxy) is 1. The van der Waals surface area contributed by atoms with Crippen LogP contribution in [0.5, 0.6) is 0 Å². The van der Waals surface area contributed by atoms with Crippen LogP contribution in [0.1, 0.15) is 48.5 Å². The number of rotatable bonds is 5. The van der Waals surface area contributed by atoms with Crippen molar-refractivity contribution in [3.8, 4) is 11.3 Å². The molecule has 4 rings (SSSR count). The third-order valence-electron chi connectivity index (χ3n) is 6.12. The zero-order valence-electron chi connectivity index (χ0n) is 18.2. The van der Waals surface area contributed by atoms with Gasteiger partial charge in [-0.1, -0.05) is 24.6 Å². The molecule has 2 aromatic carbocycles. The molecule has 7 heteroatoms. The largest absolute Gasteiger partial charge is 0.466 e. The van der Waals surface area contributed by atoms with Gasteiger partial charge in [-0.15, -0.1) is 0 Å². The Kier molecular flexibility index (Phi) is 6.49. The van der Waals surface area contributed by atoms with Crippen LogP contribution in [0, 0.1) is 11.8 Å². The summed E-state index contributed by atoms with van der Waals surface area (Å²) in [5, 5.41) is 0.731. The summed E-state index contributed by atoms with van der Waals surface area (Å²) in [5.74, 6) is -0.722. The molecule has 1 aliphatic carbocycles. The van der Waals surface area contributed by atoms with Gasteiger partial charge in [0.2, 0.25) is 0 Å². The van der Waals surface area contributed by atoms with Crippen molar-refractivity contribution >= 4 is 22.7 Å². The molecular formula is C26H24F3NO3. The number of carbonyl (C=O) groups is 2. The van der Waals surface area contributed by atoms with Crippen LogP contribution in [0.3, 0.4) is 0 Å². The molecular weight excluding hydrogens is 431 g/mol. The summed E-state index contributed by atoms with van der Waals surface area (Å²) in [7, 11) is 0. The lowest BCUT2D eigenvalue weighted by Gasteiger charge is -2.26. The number of ketones is 1. The van der Waals surface area contributed by atoms with Crippen LogP contribution in [-0.2, 0) is 15.7 Å². The molecule has 2 atom stereocenters. The van der Waals surface area contributed by atoms with Crippen LogP contribution >= 0.6 is 0 Å². The first-order valence-electron chi connectivity index (χ1n) is 11.1. The van der Waals surface area contributed by atoms with E-state index in [4.69, 9.17) is 4.74 Å². The van der Waals surface area contributed by atoms with Crippen molar-refractivity contribution < 1.29 is 27.5 Å². The van der Waals surface area contributed by atoms with Gasteiger partial charge >= 0.3 is 12.1 Å². The molecule has 0 aliphatic heterocycles. The Hall–Kier alpha value is -3.22. The maximum Gasteiger partial charge on any atom is 0.416 e. The van der Waals surface area contributed by atoms with E-state index in [0.29, 0.717) is 35.4 Å². The maximum absolute atomic E-state index is 13.1. The number of benzene rings is 2. The molecule has 1 aliphatic rings. The number of pyridine rings is 1. The summed E-state index contributed by atoms with van der Waals surface area (Å²) in [6.07, 6.45) is -1.66. The highest BCUT2D eigenvalue weighted by atomic mass is 19.4. The van der Waals surface area contributed by atoms with Gasteiger partial charge in [0.1, 0.15) is 0 Å². The van der Waals surface area contributed by atoms with E-state index < -0.39 is 11.7 Å². The average Bonchev–Trinajstić information content (AvgIpc) is 2.82. The monoisotopic (exact) mass is 455 g/mol. The molecule has 0 amide bonds. The number of fused-ring (bicyclic) bond motifs is 1. The first-order valence-corrected chi connectivity index (χ1v) is 11.1. The number of hydrogen-bond donors (Lipinski definition) is 0. The number of Topliss-reactive ketones (excluding diaryl/α,β-unsaturated/α-hetero) is 1. The summed E-state index contributed by atoms with van der Waals surface area (Å²) >= 11 is 0. The Labute approximate surface area is 189 Å². The van der Waals surface area contributed by atoms with E-state index in [9.17, 15) is 22.8 Å². The van der Waals surface area contributed by atoms with Gasteiger partial charge in [0.15, 0.2) is 5.78 Å². The lowest BCUT2D eigenvalue weighted by Crippen LogP contribution is -2.28. The van der Waals surface area contributed by atoms with Crippen LogP contribution < -0.4 is 0 Å². The zero-order valence-corrected chi connectivity index (χ0v) is 18.2. The van der Waals surface area contributed by atoms with Crippen LogP contribution in [-0.4, -0.2) is 23.3 Å². The molecule has 1 saturated carbocycles. The highest BCUT2D eigenvalue weighted by Crippen LogP contribution is 2.34. The fourth-order valence-corrected chi connectivity index (χ4v) is 4.43. The molecule has 4 nitrogen and oxygen atoms in total. The molecule has 1 aromatic heterocycles. The lowest BCUT2D eigenvalue weighted by atomic mass is 9.78. The van der Waals surface area contributed by atoms with E-state index in [0.717, 1.165) is 36.8 Å². The zero-order chi connectivity index (χ0) is 23.6. The molecule has 0 radical (unpaired) electrons. The summed E-state index contributed by atoms with van der Waals surface area (Å²) < 4.78 is 44.2. The minimum absolute atomic E-state index is 0.00662. The van der Waals surface area contributed by atoms with Crippen LogP contribution in [0.2, 0.25) is 0 Å². The van der Waals surface area contributed by atoms with E-state index >= 15 is 0 Å². The van der Waals surface area contributed by atoms with E-state index in [-0.39, 0.29) is 23.6 Å². The minimum atomic E-state index is -4.42. The van der Waals surface area contributed by atoms with E-state index in [1.807, 2.05) is 0 Å². The summed E-state index contributed by atoms with van der Waals surface area (Å²) in [5.41, 5.74) is 1.22. The highest BCUT2D eigenvalue weighted by Gasteiger charge is 2.33. The summed E-state index contributed by atoms with van der Waals surface area (Å²) in [4.78, 5) is 29.7. The quantitative estimate of drug-likeness (QED) is 0.327. The Bertz CT molecular complexity index is 1190. The van der Waals surface area contributed by atoms with Crippen molar-refractivity contribution in [1.82, 2.24) is 4.98 Å². The van der Waals surface area contributed by atoms with Gasteiger partial charge in [-0.05, 0) is 62.6 Å². The fraction of sp³-hybridized carbons (Fsp3) is 0.346. The number of aromatic nitrogens is 1. The second-order valence-electron chi connectivity index (χ2n) is 8.36. The number of esters is 1. The average molecular weight is 455 g/mol. The Morgan fingerprint density at radius 3 is 2.58 bits per heavy atom. The fourth-order valence-electron chi connectivity index (χ4n) is 4.43. The molecule has 172 valence electrons. The normalized spacial score (nSPS) is 18.8. The first kappa shape index (κ1) is 23.0. The first-order chi connectivity index (χ1) is 15.8. The molecule has 1 heterocycles. The predicted octanol–water partition coefficient (Wildman–Crippen LogP) is 6.47. The second kappa shape index (κ2) is 9.33. The molecule has 0 N–H and O–H groups in total. The van der Waals surface area contributed by atoms with Crippen molar-refractivity contribution in [1.29, 1.82) is 0 Å². The Morgan fingerprint density at radius 2 is 1.82 bits per heavy atom. The maximum atomic E-state index is 13.1. The van der Waals surface area contributed by atoms with Gasteiger partial charge in [0.25, 0.3) is 0 Å².